The Bertz CT molecular complexity index is 504. The van der Waals surface area contributed by atoms with Crippen molar-refractivity contribution in [2.45, 2.75) is 19.9 Å². The Morgan fingerprint density at radius 2 is 2.12 bits per heavy atom. The van der Waals surface area contributed by atoms with Gasteiger partial charge in [0.05, 0.1) is 18.0 Å². The lowest BCUT2D eigenvalue weighted by Gasteiger charge is -2.09. The van der Waals surface area contributed by atoms with Crippen LogP contribution in [0.15, 0.2) is 4.52 Å². The van der Waals surface area contributed by atoms with Gasteiger partial charge in [-0.2, -0.15) is 0 Å². The van der Waals surface area contributed by atoms with Crippen LogP contribution in [0.1, 0.15) is 34.8 Å². The molecule has 8 heteroatoms. The SMILES string of the molecule is Cc1noc(C(C)NS(C)(=O)=O)c1C(=O)O. The van der Waals surface area contributed by atoms with Crippen molar-refractivity contribution in [3.8, 4) is 0 Å². The first-order chi connectivity index (χ1) is 7.22. The summed E-state index contributed by atoms with van der Waals surface area (Å²) in [5.74, 6) is -1.20. The highest BCUT2D eigenvalue weighted by atomic mass is 32.2. The normalized spacial score (nSPS) is 13.7. The predicted molar refractivity (Wildman–Crippen MR) is 54.6 cm³/mol. The summed E-state index contributed by atoms with van der Waals surface area (Å²) < 4.78 is 29.0. The fourth-order valence-corrected chi connectivity index (χ4v) is 2.07. The Hall–Kier alpha value is -1.41. The average molecular weight is 248 g/mol. The van der Waals surface area contributed by atoms with Gasteiger partial charge in [0.25, 0.3) is 0 Å². The Morgan fingerprint density at radius 1 is 1.56 bits per heavy atom. The number of nitrogens with one attached hydrogen (secondary N) is 1. The molecule has 1 aromatic heterocycles. The fourth-order valence-electron chi connectivity index (χ4n) is 1.32. The molecule has 1 heterocycles. The Labute approximate surface area is 92.5 Å². The van der Waals surface area contributed by atoms with Crippen LogP contribution in [-0.2, 0) is 10.0 Å². The number of carboxylic acid groups (broad SMARTS) is 1. The van der Waals surface area contributed by atoms with Crippen molar-refractivity contribution in [3.63, 3.8) is 0 Å². The second-order valence-corrected chi connectivity index (χ2v) is 5.20. The van der Waals surface area contributed by atoms with Gasteiger partial charge in [-0.05, 0) is 13.8 Å². The number of aromatic nitrogens is 1. The fraction of sp³-hybridized carbons (Fsp3) is 0.500. The molecule has 16 heavy (non-hydrogen) atoms. The number of hydrogen-bond acceptors (Lipinski definition) is 5. The molecular weight excluding hydrogens is 236 g/mol. The maximum atomic E-state index is 11.0. The zero-order valence-electron chi connectivity index (χ0n) is 9.01. The lowest BCUT2D eigenvalue weighted by atomic mass is 10.1. The molecule has 0 aliphatic rings. The third-order valence-electron chi connectivity index (χ3n) is 1.89. The number of carboxylic acids is 1. The molecule has 0 bridgehead atoms. The zero-order chi connectivity index (χ0) is 12.5. The van der Waals surface area contributed by atoms with Gasteiger partial charge in [-0.25, -0.2) is 17.9 Å². The van der Waals surface area contributed by atoms with Gasteiger partial charge in [-0.15, -0.1) is 0 Å². The topological polar surface area (TPSA) is 110 Å². The maximum absolute atomic E-state index is 11.0. The average Bonchev–Trinajstić information content (AvgIpc) is 2.43. The van der Waals surface area contributed by atoms with Crippen molar-refractivity contribution in [2.75, 3.05) is 6.26 Å². The van der Waals surface area contributed by atoms with E-state index in [-0.39, 0.29) is 17.0 Å². The lowest BCUT2D eigenvalue weighted by Crippen LogP contribution is -2.26. The molecule has 2 N–H and O–H groups in total. The summed E-state index contributed by atoms with van der Waals surface area (Å²) in [5.41, 5.74) is 0.105. The first-order valence-electron chi connectivity index (χ1n) is 4.39. The van der Waals surface area contributed by atoms with E-state index < -0.39 is 22.0 Å². The van der Waals surface area contributed by atoms with Crippen LogP contribution in [0.5, 0.6) is 0 Å². The number of hydrogen-bond donors (Lipinski definition) is 2. The third kappa shape index (κ3) is 2.80. The zero-order valence-corrected chi connectivity index (χ0v) is 9.83. The number of aromatic carboxylic acids is 1. The van der Waals surface area contributed by atoms with Gasteiger partial charge >= 0.3 is 5.97 Å². The van der Waals surface area contributed by atoms with E-state index in [2.05, 4.69) is 9.88 Å². The van der Waals surface area contributed by atoms with Gasteiger partial charge in [0.2, 0.25) is 10.0 Å². The summed E-state index contributed by atoms with van der Waals surface area (Å²) in [7, 11) is -3.44. The van der Waals surface area contributed by atoms with Crippen LogP contribution in [0.4, 0.5) is 0 Å². The molecule has 0 radical (unpaired) electrons. The highest BCUT2D eigenvalue weighted by Crippen LogP contribution is 2.21. The van der Waals surface area contributed by atoms with Crippen molar-refractivity contribution in [3.05, 3.63) is 17.0 Å². The monoisotopic (exact) mass is 248 g/mol. The van der Waals surface area contributed by atoms with E-state index in [9.17, 15) is 13.2 Å². The summed E-state index contributed by atoms with van der Waals surface area (Å²) in [6.07, 6.45) is 0.979. The first kappa shape index (κ1) is 12.7. The molecule has 1 atom stereocenters. The van der Waals surface area contributed by atoms with E-state index in [1.165, 1.54) is 13.8 Å². The number of aryl methyl sites for hydroxylation is 1. The number of nitrogens with zero attached hydrogens (tertiary/aromatic N) is 1. The summed E-state index contributed by atoms with van der Waals surface area (Å²) in [6, 6.07) is -0.776. The van der Waals surface area contributed by atoms with Gasteiger partial charge in [0.1, 0.15) is 5.56 Å². The van der Waals surface area contributed by atoms with Crippen molar-refractivity contribution in [1.82, 2.24) is 9.88 Å². The molecule has 0 aliphatic carbocycles. The van der Waals surface area contributed by atoms with Crippen LogP contribution in [0.3, 0.4) is 0 Å². The standard InChI is InChI=1S/C8H12N2O5S/c1-4-6(8(11)12)7(15-9-4)5(2)10-16(3,13)14/h5,10H,1-3H3,(H,11,12). The van der Waals surface area contributed by atoms with Crippen LogP contribution >= 0.6 is 0 Å². The molecule has 0 aliphatic heterocycles. The highest BCUT2D eigenvalue weighted by Gasteiger charge is 2.25. The lowest BCUT2D eigenvalue weighted by molar-refractivity contribution is 0.0692. The quantitative estimate of drug-likeness (QED) is 0.792. The van der Waals surface area contributed by atoms with E-state index in [4.69, 9.17) is 9.63 Å². The minimum atomic E-state index is -3.44. The molecule has 1 unspecified atom stereocenters. The van der Waals surface area contributed by atoms with Gasteiger partial charge < -0.3 is 9.63 Å². The molecule has 0 aromatic carbocycles. The minimum Gasteiger partial charge on any atom is -0.477 e. The molecule has 90 valence electrons. The highest BCUT2D eigenvalue weighted by molar-refractivity contribution is 7.88. The van der Waals surface area contributed by atoms with Gasteiger partial charge in [0.15, 0.2) is 5.76 Å². The van der Waals surface area contributed by atoms with Crippen molar-refractivity contribution < 1.29 is 22.8 Å². The van der Waals surface area contributed by atoms with Gasteiger partial charge in [-0.3, -0.25) is 0 Å². The molecule has 7 nitrogen and oxygen atoms in total. The minimum absolute atomic E-state index is 0.00424. The Balaban J connectivity index is 3.09. The molecule has 0 saturated heterocycles. The first-order valence-corrected chi connectivity index (χ1v) is 6.28. The predicted octanol–water partition coefficient (Wildman–Crippen LogP) is 0.291. The largest absolute Gasteiger partial charge is 0.477 e. The van der Waals surface area contributed by atoms with E-state index >= 15 is 0 Å². The number of rotatable bonds is 4. The Morgan fingerprint density at radius 3 is 2.56 bits per heavy atom. The summed E-state index contributed by atoms with van der Waals surface area (Å²) in [4.78, 5) is 10.9. The Kier molecular flexibility index (Phi) is 3.34. The summed E-state index contributed by atoms with van der Waals surface area (Å²) in [6.45, 7) is 2.96. The van der Waals surface area contributed by atoms with E-state index in [1.807, 2.05) is 0 Å². The smallest absolute Gasteiger partial charge is 0.341 e. The van der Waals surface area contributed by atoms with E-state index in [1.54, 1.807) is 0 Å². The van der Waals surface area contributed by atoms with Crippen LogP contribution in [-0.4, -0.2) is 30.9 Å². The van der Waals surface area contributed by atoms with Crippen molar-refractivity contribution in [1.29, 1.82) is 0 Å². The molecule has 0 amide bonds. The molecule has 0 spiro atoms. The second kappa shape index (κ2) is 4.22. The molecule has 1 rings (SSSR count). The summed E-state index contributed by atoms with van der Waals surface area (Å²) >= 11 is 0. The van der Waals surface area contributed by atoms with Crippen LogP contribution in [0.2, 0.25) is 0 Å². The second-order valence-electron chi connectivity index (χ2n) is 3.42. The molecule has 1 aromatic rings. The summed E-state index contributed by atoms with van der Waals surface area (Å²) in [5, 5.41) is 12.4. The van der Waals surface area contributed by atoms with E-state index in [0.29, 0.717) is 0 Å². The third-order valence-corrected chi connectivity index (χ3v) is 2.67. The van der Waals surface area contributed by atoms with Crippen LogP contribution in [0, 0.1) is 6.92 Å². The van der Waals surface area contributed by atoms with Crippen LogP contribution in [0.25, 0.3) is 0 Å². The van der Waals surface area contributed by atoms with Gasteiger partial charge in [0, 0.05) is 0 Å². The molecule has 0 fully saturated rings. The number of carbonyl (C=O) groups is 1. The van der Waals surface area contributed by atoms with Crippen molar-refractivity contribution in [2.24, 2.45) is 0 Å². The van der Waals surface area contributed by atoms with Crippen LogP contribution < -0.4 is 4.72 Å². The molecular formula is C8H12N2O5S. The molecule has 0 saturated carbocycles. The van der Waals surface area contributed by atoms with Gasteiger partial charge in [-0.1, -0.05) is 5.16 Å². The van der Waals surface area contributed by atoms with Crippen molar-refractivity contribution >= 4 is 16.0 Å². The van der Waals surface area contributed by atoms with E-state index in [0.717, 1.165) is 6.26 Å². The number of sulfonamides is 1. The maximum Gasteiger partial charge on any atom is 0.341 e.